The Morgan fingerprint density at radius 3 is 2.20 bits per heavy atom. The van der Waals surface area contributed by atoms with E-state index in [9.17, 15) is 29.1 Å². The van der Waals surface area contributed by atoms with Crippen LogP contribution in [0, 0.1) is 0 Å². The van der Waals surface area contributed by atoms with Crippen molar-refractivity contribution in [1.29, 1.82) is 0 Å². The summed E-state index contributed by atoms with van der Waals surface area (Å²) in [6.07, 6.45) is 2.39. The van der Waals surface area contributed by atoms with Gasteiger partial charge in [-0.1, -0.05) is 12.1 Å². The van der Waals surface area contributed by atoms with Gasteiger partial charge in [0.05, 0.1) is 18.8 Å². The Bertz CT molecular complexity index is 1040. The summed E-state index contributed by atoms with van der Waals surface area (Å²) in [5.74, 6) is -4.69. The number of aromatic hydroxyl groups is 1. The smallest absolute Gasteiger partial charge is 0.322 e. The largest absolute Gasteiger partial charge is 0.508 e. The van der Waals surface area contributed by atoms with Gasteiger partial charge in [0.15, 0.2) is 0 Å². The predicted octanol–water partition coefficient (Wildman–Crippen LogP) is -2.73. The molecule has 3 unspecified atom stereocenters. The van der Waals surface area contributed by atoms with Gasteiger partial charge in [-0.2, -0.15) is 0 Å². The summed E-state index contributed by atoms with van der Waals surface area (Å²) in [4.78, 5) is 66.8. The number of carboxylic acid groups (broad SMARTS) is 1. The van der Waals surface area contributed by atoms with Crippen LogP contribution in [0.1, 0.15) is 17.7 Å². The molecule has 4 amide bonds. The summed E-state index contributed by atoms with van der Waals surface area (Å²) < 4.78 is 0. The van der Waals surface area contributed by atoms with E-state index >= 15 is 0 Å². The Labute approximate surface area is 199 Å². The maximum atomic E-state index is 13.0. The molecule has 188 valence electrons. The highest BCUT2D eigenvalue weighted by Crippen LogP contribution is 2.12. The summed E-state index contributed by atoms with van der Waals surface area (Å²) in [6.45, 7) is -0.736. The minimum absolute atomic E-state index is 0.00279. The average Bonchev–Trinajstić information content (AvgIpc) is 3.30. The summed E-state index contributed by atoms with van der Waals surface area (Å²) in [6, 6.07) is 2.11. The fourth-order valence-corrected chi connectivity index (χ4v) is 3.05. The number of imidazole rings is 1. The zero-order valence-electron chi connectivity index (χ0n) is 18.6. The number of H-pyrrole nitrogens is 1. The molecule has 1 aromatic heterocycles. The molecule has 0 aliphatic rings. The molecule has 35 heavy (non-hydrogen) atoms. The third-order valence-electron chi connectivity index (χ3n) is 4.79. The van der Waals surface area contributed by atoms with Gasteiger partial charge in [0.1, 0.15) is 24.4 Å². The lowest BCUT2D eigenvalue weighted by atomic mass is 10.0. The van der Waals surface area contributed by atoms with Gasteiger partial charge < -0.3 is 42.6 Å². The maximum absolute atomic E-state index is 13.0. The average molecular weight is 489 g/mol. The number of amides is 4. The van der Waals surface area contributed by atoms with Gasteiger partial charge in [-0.15, -0.1) is 0 Å². The number of aliphatic carboxylic acids is 1. The van der Waals surface area contributed by atoms with Crippen molar-refractivity contribution in [2.45, 2.75) is 37.4 Å². The van der Waals surface area contributed by atoms with Gasteiger partial charge in [0, 0.05) is 24.7 Å². The number of hydrogen-bond donors (Lipinski definition) is 8. The first-order valence-corrected chi connectivity index (χ1v) is 10.4. The molecule has 1 aromatic carbocycles. The molecule has 0 aliphatic carbocycles. The number of phenols is 1. The molecular weight excluding hydrogens is 462 g/mol. The molecule has 3 atom stereocenters. The van der Waals surface area contributed by atoms with Crippen LogP contribution in [0.15, 0.2) is 36.8 Å². The van der Waals surface area contributed by atoms with Gasteiger partial charge in [0.25, 0.3) is 0 Å². The van der Waals surface area contributed by atoms with Gasteiger partial charge >= 0.3 is 5.97 Å². The quantitative estimate of drug-likeness (QED) is 0.145. The molecule has 0 saturated carbocycles. The Hall–Kier alpha value is -4.46. The molecule has 14 nitrogen and oxygen atoms in total. The van der Waals surface area contributed by atoms with Crippen LogP contribution >= 0.6 is 0 Å². The normalized spacial score (nSPS) is 13.2. The van der Waals surface area contributed by atoms with Crippen molar-refractivity contribution in [1.82, 2.24) is 25.9 Å². The lowest BCUT2D eigenvalue weighted by molar-refractivity contribution is -0.138. The second-order valence-electron chi connectivity index (χ2n) is 7.66. The van der Waals surface area contributed by atoms with E-state index in [0.29, 0.717) is 11.3 Å². The summed E-state index contributed by atoms with van der Waals surface area (Å²) >= 11 is 0. The highest BCUT2D eigenvalue weighted by atomic mass is 16.4. The minimum atomic E-state index is -1.47. The van der Waals surface area contributed by atoms with Crippen molar-refractivity contribution in [2.75, 3.05) is 6.54 Å². The second-order valence-corrected chi connectivity index (χ2v) is 7.66. The van der Waals surface area contributed by atoms with Crippen LogP contribution in [0.4, 0.5) is 0 Å². The monoisotopic (exact) mass is 489 g/mol. The van der Waals surface area contributed by atoms with E-state index in [0.717, 1.165) is 0 Å². The third kappa shape index (κ3) is 9.13. The fourth-order valence-electron chi connectivity index (χ4n) is 3.05. The Balaban J connectivity index is 2.18. The number of phenolic OH excluding ortho intramolecular Hbond substituents is 1. The van der Waals surface area contributed by atoms with Crippen LogP contribution in [-0.2, 0) is 36.8 Å². The van der Waals surface area contributed by atoms with Crippen molar-refractivity contribution < 1.29 is 34.2 Å². The first-order chi connectivity index (χ1) is 16.5. The van der Waals surface area contributed by atoms with E-state index in [1.165, 1.54) is 36.8 Å². The topological polar surface area (TPSA) is 243 Å². The van der Waals surface area contributed by atoms with Crippen LogP contribution < -0.4 is 27.4 Å². The third-order valence-corrected chi connectivity index (χ3v) is 4.79. The van der Waals surface area contributed by atoms with E-state index in [1.54, 1.807) is 0 Å². The molecule has 0 fully saturated rings. The van der Waals surface area contributed by atoms with Crippen LogP contribution in [0.2, 0.25) is 0 Å². The number of carbonyl (C=O) groups is 5. The number of benzene rings is 1. The molecule has 2 rings (SSSR count). The van der Waals surface area contributed by atoms with E-state index in [-0.39, 0.29) is 18.6 Å². The van der Waals surface area contributed by atoms with Crippen LogP contribution in [0.5, 0.6) is 5.75 Å². The maximum Gasteiger partial charge on any atom is 0.322 e. The van der Waals surface area contributed by atoms with Crippen LogP contribution in [-0.4, -0.2) is 74.4 Å². The van der Waals surface area contributed by atoms with E-state index < -0.39 is 60.7 Å². The number of aromatic amines is 1. The van der Waals surface area contributed by atoms with Crippen molar-refractivity contribution in [3.63, 3.8) is 0 Å². The van der Waals surface area contributed by atoms with Gasteiger partial charge in [-0.25, -0.2) is 4.98 Å². The molecular formula is C21H27N7O7. The number of primary amides is 1. The van der Waals surface area contributed by atoms with Gasteiger partial charge in [-0.3, -0.25) is 24.0 Å². The fraction of sp³-hybridized carbons (Fsp3) is 0.333. The summed E-state index contributed by atoms with van der Waals surface area (Å²) in [7, 11) is 0. The van der Waals surface area contributed by atoms with Crippen molar-refractivity contribution in [3.8, 4) is 5.75 Å². The van der Waals surface area contributed by atoms with Crippen molar-refractivity contribution >= 4 is 29.6 Å². The minimum Gasteiger partial charge on any atom is -0.508 e. The standard InChI is InChI=1S/C21H27N7O7/c22-14(6-12-8-24-10-26-12)19(33)27-15(5-11-1-3-13(29)4-2-11)21(35)28-16(7-17(23)30)20(34)25-9-18(31)32/h1-4,8,10,14-16,29H,5-7,9,22H2,(H2,23,30)(H,24,26)(H,25,34)(H,27,33)(H,28,35)(H,31,32). The molecule has 1 heterocycles. The Morgan fingerprint density at radius 1 is 0.971 bits per heavy atom. The lowest BCUT2D eigenvalue weighted by Gasteiger charge is -2.23. The number of nitrogens with one attached hydrogen (secondary N) is 4. The number of hydrogen-bond acceptors (Lipinski definition) is 8. The van der Waals surface area contributed by atoms with E-state index in [4.69, 9.17) is 16.6 Å². The molecule has 2 aromatic rings. The first-order valence-electron chi connectivity index (χ1n) is 10.4. The number of carboxylic acids is 1. The zero-order valence-corrected chi connectivity index (χ0v) is 18.6. The van der Waals surface area contributed by atoms with Gasteiger partial charge in [-0.05, 0) is 17.7 Å². The summed E-state index contributed by atoms with van der Waals surface area (Å²) in [5.41, 5.74) is 12.3. The molecule has 0 saturated heterocycles. The predicted molar refractivity (Wildman–Crippen MR) is 120 cm³/mol. The van der Waals surface area contributed by atoms with Crippen LogP contribution in [0.3, 0.4) is 0 Å². The van der Waals surface area contributed by atoms with Crippen molar-refractivity contribution in [3.05, 3.63) is 48.0 Å². The van der Waals surface area contributed by atoms with E-state index in [2.05, 4.69) is 25.9 Å². The first kappa shape index (κ1) is 26.8. The highest BCUT2D eigenvalue weighted by molar-refractivity contribution is 5.95. The number of nitrogens with two attached hydrogens (primary N) is 2. The molecule has 0 spiro atoms. The SMILES string of the molecule is NC(=O)CC(NC(=O)C(Cc1ccc(O)cc1)NC(=O)C(N)Cc1cnc[nH]1)C(=O)NCC(=O)O. The highest BCUT2D eigenvalue weighted by Gasteiger charge is 2.29. The number of rotatable bonds is 13. The molecule has 10 N–H and O–H groups in total. The molecule has 0 aliphatic heterocycles. The second kappa shape index (κ2) is 12.7. The summed E-state index contributed by atoms with van der Waals surface area (Å²) in [5, 5.41) is 25.2. The van der Waals surface area contributed by atoms with Gasteiger partial charge in [0.2, 0.25) is 23.6 Å². The number of carbonyl (C=O) groups excluding carboxylic acids is 4. The lowest BCUT2D eigenvalue weighted by Crippen LogP contribution is -2.57. The van der Waals surface area contributed by atoms with Crippen molar-refractivity contribution in [2.24, 2.45) is 11.5 Å². The number of aromatic nitrogens is 2. The van der Waals surface area contributed by atoms with Crippen LogP contribution in [0.25, 0.3) is 0 Å². The molecule has 0 radical (unpaired) electrons. The molecule has 0 bridgehead atoms. The zero-order chi connectivity index (χ0) is 26.0. The Kier molecular flexibility index (Phi) is 9.71. The van der Waals surface area contributed by atoms with E-state index in [1.807, 2.05) is 0 Å². The number of nitrogens with zero attached hydrogens (tertiary/aromatic N) is 1. The molecule has 14 heteroatoms. The Morgan fingerprint density at radius 2 is 1.63 bits per heavy atom.